The second kappa shape index (κ2) is 14.7. The van der Waals surface area contributed by atoms with Crippen LogP contribution in [0.3, 0.4) is 0 Å². The minimum absolute atomic E-state index is 0.288. The smallest absolute Gasteiger partial charge is 0.286 e. The molecule has 1 aliphatic heterocycles. The van der Waals surface area contributed by atoms with Crippen molar-refractivity contribution in [2.45, 2.75) is 32.2 Å². The molecule has 1 unspecified atom stereocenters. The Hall–Kier alpha value is -0.910. The van der Waals surface area contributed by atoms with Crippen molar-refractivity contribution in [3.63, 3.8) is 0 Å². The molecule has 7 nitrogen and oxygen atoms in total. The first-order valence-electron chi connectivity index (χ1n) is 8.44. The van der Waals surface area contributed by atoms with E-state index >= 15 is 0 Å². The maximum absolute atomic E-state index is 8.14. The average Bonchev–Trinajstić information content (AvgIpc) is 3.02. The van der Waals surface area contributed by atoms with Crippen LogP contribution in [0.2, 0.25) is 0 Å². The van der Waals surface area contributed by atoms with Crippen molar-refractivity contribution in [3.8, 4) is 6.26 Å². The summed E-state index contributed by atoms with van der Waals surface area (Å²) >= 11 is 0. The molecule has 0 amide bonds. The number of hydrogen-bond donors (Lipinski definition) is 0. The minimum atomic E-state index is 0.288. The van der Waals surface area contributed by atoms with Gasteiger partial charge in [0.2, 0.25) is 0 Å². The third-order valence-electron chi connectivity index (χ3n) is 3.74. The van der Waals surface area contributed by atoms with Gasteiger partial charge in [0, 0.05) is 12.6 Å². The molecule has 1 heterocycles. The Morgan fingerprint density at radius 3 is 2.04 bits per heavy atom. The lowest BCUT2D eigenvalue weighted by Gasteiger charge is -2.22. The molecule has 0 N–H and O–H groups in total. The van der Waals surface area contributed by atoms with E-state index < -0.39 is 0 Å². The van der Waals surface area contributed by atoms with E-state index in [-0.39, 0.29) is 6.61 Å². The van der Waals surface area contributed by atoms with Crippen molar-refractivity contribution in [3.05, 3.63) is 0 Å². The molecule has 0 saturated carbocycles. The first kappa shape index (κ1) is 20.1. The number of likely N-dealkylation sites (tertiary alicyclic amines) is 1. The molecular weight excluding hydrogens is 300 g/mol. The van der Waals surface area contributed by atoms with Gasteiger partial charge >= 0.3 is 0 Å². The van der Waals surface area contributed by atoms with E-state index in [0.29, 0.717) is 59.0 Å². The summed E-state index contributed by atoms with van der Waals surface area (Å²) in [6, 6.07) is 0.693. The monoisotopic (exact) mass is 330 g/mol. The van der Waals surface area contributed by atoms with Crippen LogP contribution in [-0.4, -0.2) is 77.1 Å². The SMILES string of the molecule is CCC1CCCN1COCCOCCOCCOCCOC#N. The summed E-state index contributed by atoms with van der Waals surface area (Å²) in [6.07, 6.45) is 5.37. The van der Waals surface area contributed by atoms with Crippen molar-refractivity contribution in [2.24, 2.45) is 0 Å². The number of hydrogen-bond acceptors (Lipinski definition) is 7. The van der Waals surface area contributed by atoms with Gasteiger partial charge in [0.15, 0.2) is 0 Å². The van der Waals surface area contributed by atoms with Crippen LogP contribution in [-0.2, 0) is 23.7 Å². The van der Waals surface area contributed by atoms with Crippen LogP contribution in [0.5, 0.6) is 0 Å². The molecule has 1 atom stereocenters. The highest BCUT2D eigenvalue weighted by Crippen LogP contribution is 2.18. The van der Waals surface area contributed by atoms with Crippen LogP contribution < -0.4 is 0 Å². The molecule has 0 aromatic rings. The normalized spacial score (nSPS) is 18.2. The largest absolute Gasteiger partial charge is 0.425 e. The summed E-state index contributed by atoms with van der Waals surface area (Å²) in [4.78, 5) is 2.41. The predicted octanol–water partition coefficient (Wildman–Crippen LogP) is 1.38. The van der Waals surface area contributed by atoms with Crippen LogP contribution in [0.15, 0.2) is 0 Å². The van der Waals surface area contributed by atoms with Gasteiger partial charge in [0.1, 0.15) is 6.61 Å². The molecule has 0 aliphatic carbocycles. The fourth-order valence-corrected chi connectivity index (χ4v) is 2.52. The Balaban J connectivity index is 1.74. The van der Waals surface area contributed by atoms with Crippen molar-refractivity contribution in [2.75, 3.05) is 66.1 Å². The highest BCUT2D eigenvalue weighted by Gasteiger charge is 2.22. The van der Waals surface area contributed by atoms with Gasteiger partial charge in [-0.2, -0.15) is 5.26 Å². The predicted molar refractivity (Wildman–Crippen MR) is 84.9 cm³/mol. The van der Waals surface area contributed by atoms with Crippen LogP contribution in [0, 0.1) is 11.5 Å². The Morgan fingerprint density at radius 2 is 1.48 bits per heavy atom. The zero-order valence-electron chi connectivity index (χ0n) is 14.2. The summed E-state index contributed by atoms with van der Waals surface area (Å²) in [5.74, 6) is 0. The molecular formula is C16H30N2O5. The van der Waals surface area contributed by atoms with Gasteiger partial charge in [0.05, 0.1) is 53.0 Å². The molecule has 23 heavy (non-hydrogen) atoms. The van der Waals surface area contributed by atoms with Crippen LogP contribution in [0.25, 0.3) is 0 Å². The van der Waals surface area contributed by atoms with Gasteiger partial charge < -0.3 is 23.7 Å². The number of ether oxygens (including phenoxy) is 5. The molecule has 0 spiro atoms. The average molecular weight is 330 g/mol. The zero-order chi connectivity index (χ0) is 16.6. The summed E-state index contributed by atoms with van der Waals surface area (Å²) in [5.41, 5.74) is 0. The maximum Gasteiger partial charge on any atom is 0.286 e. The molecule has 1 aliphatic rings. The number of nitriles is 1. The quantitative estimate of drug-likeness (QED) is 0.332. The van der Waals surface area contributed by atoms with Gasteiger partial charge in [-0.15, -0.1) is 0 Å². The molecule has 0 radical (unpaired) electrons. The fourth-order valence-electron chi connectivity index (χ4n) is 2.52. The lowest BCUT2D eigenvalue weighted by molar-refractivity contribution is -0.0272. The highest BCUT2D eigenvalue weighted by molar-refractivity contribution is 4.75. The Bertz CT molecular complexity index is 311. The Morgan fingerprint density at radius 1 is 0.913 bits per heavy atom. The van der Waals surface area contributed by atoms with E-state index in [9.17, 15) is 0 Å². The number of nitrogens with zero attached hydrogens (tertiary/aromatic N) is 2. The van der Waals surface area contributed by atoms with Crippen LogP contribution in [0.4, 0.5) is 0 Å². The minimum Gasteiger partial charge on any atom is -0.425 e. The molecule has 0 bridgehead atoms. The van der Waals surface area contributed by atoms with Crippen molar-refractivity contribution in [1.82, 2.24) is 4.90 Å². The van der Waals surface area contributed by atoms with E-state index in [1.165, 1.54) is 19.3 Å². The van der Waals surface area contributed by atoms with Crippen molar-refractivity contribution in [1.29, 1.82) is 5.26 Å². The van der Waals surface area contributed by atoms with Gasteiger partial charge in [-0.3, -0.25) is 4.90 Å². The first-order chi connectivity index (χ1) is 11.4. The molecule has 0 aromatic heterocycles. The summed E-state index contributed by atoms with van der Waals surface area (Å²) in [6.45, 7) is 8.11. The van der Waals surface area contributed by atoms with E-state index in [0.717, 1.165) is 6.54 Å². The molecule has 0 aromatic carbocycles. The third-order valence-corrected chi connectivity index (χ3v) is 3.74. The topological polar surface area (TPSA) is 73.2 Å². The zero-order valence-corrected chi connectivity index (χ0v) is 14.2. The first-order valence-corrected chi connectivity index (χ1v) is 8.44. The Kier molecular flexibility index (Phi) is 12.8. The van der Waals surface area contributed by atoms with E-state index in [1.807, 2.05) is 0 Å². The highest BCUT2D eigenvalue weighted by atomic mass is 16.6. The van der Waals surface area contributed by atoms with Crippen LogP contribution in [0.1, 0.15) is 26.2 Å². The van der Waals surface area contributed by atoms with E-state index in [2.05, 4.69) is 16.6 Å². The van der Waals surface area contributed by atoms with Crippen molar-refractivity contribution < 1.29 is 23.7 Å². The van der Waals surface area contributed by atoms with E-state index in [4.69, 9.17) is 24.2 Å². The van der Waals surface area contributed by atoms with Gasteiger partial charge in [-0.05, 0) is 19.3 Å². The second-order valence-electron chi connectivity index (χ2n) is 5.33. The summed E-state index contributed by atoms with van der Waals surface area (Å²) in [7, 11) is 0. The standard InChI is InChI=1S/C16H30N2O5/c1-2-16-4-3-5-18(16)15-23-13-11-21-9-7-19-6-8-20-10-12-22-14-17/h16H,2-13,15H2,1H3. The van der Waals surface area contributed by atoms with Gasteiger partial charge in [-0.1, -0.05) is 6.92 Å². The Labute approximate surface area is 139 Å². The second-order valence-corrected chi connectivity index (χ2v) is 5.33. The lowest BCUT2D eigenvalue weighted by atomic mass is 10.2. The molecule has 1 saturated heterocycles. The lowest BCUT2D eigenvalue weighted by Crippen LogP contribution is -2.31. The summed E-state index contributed by atoms with van der Waals surface area (Å²) < 4.78 is 26.1. The number of rotatable bonds is 15. The molecule has 1 fully saturated rings. The van der Waals surface area contributed by atoms with Gasteiger partial charge in [0.25, 0.3) is 6.26 Å². The maximum atomic E-state index is 8.14. The van der Waals surface area contributed by atoms with Crippen LogP contribution >= 0.6 is 0 Å². The molecule has 1 rings (SSSR count). The third kappa shape index (κ3) is 10.5. The summed E-state index contributed by atoms with van der Waals surface area (Å²) in [5, 5.41) is 8.14. The van der Waals surface area contributed by atoms with Gasteiger partial charge in [-0.25, -0.2) is 0 Å². The molecule has 7 heteroatoms. The molecule has 134 valence electrons. The fraction of sp³-hybridized carbons (Fsp3) is 0.938. The van der Waals surface area contributed by atoms with E-state index in [1.54, 1.807) is 6.26 Å². The van der Waals surface area contributed by atoms with Crippen molar-refractivity contribution >= 4 is 0 Å².